The lowest BCUT2D eigenvalue weighted by molar-refractivity contribution is -0.137. The number of aliphatic carboxylic acids is 2. The van der Waals surface area contributed by atoms with Crippen molar-refractivity contribution >= 4 is 18.0 Å². The molecule has 1 aromatic carbocycles. The quantitative estimate of drug-likeness (QED) is 0.771. The van der Waals surface area contributed by atoms with Crippen LogP contribution in [-0.2, 0) is 9.59 Å². The third-order valence-electron chi connectivity index (χ3n) is 2.09. The molecule has 0 heterocycles. The Balaban J connectivity index is 2.86. The maximum absolute atomic E-state index is 12.6. The Labute approximate surface area is 97.0 Å². The summed E-state index contributed by atoms with van der Waals surface area (Å²) in [5, 5.41) is 17.3. The van der Waals surface area contributed by atoms with Gasteiger partial charge >= 0.3 is 11.9 Å². The second kappa shape index (κ2) is 5.79. The minimum atomic E-state index is -1.17. The van der Waals surface area contributed by atoms with Crippen LogP contribution in [0.25, 0.3) is 6.08 Å². The lowest BCUT2D eigenvalue weighted by atomic mass is 10.1. The lowest BCUT2D eigenvalue weighted by Crippen LogP contribution is -2.04. The van der Waals surface area contributed by atoms with Crippen LogP contribution in [-0.4, -0.2) is 22.2 Å². The topological polar surface area (TPSA) is 74.6 Å². The molecule has 0 unspecified atom stereocenters. The van der Waals surface area contributed by atoms with Gasteiger partial charge in [-0.2, -0.15) is 0 Å². The van der Waals surface area contributed by atoms with Crippen molar-refractivity contribution in [3.63, 3.8) is 0 Å². The molecule has 0 aliphatic heterocycles. The number of carbonyl (C=O) groups is 2. The fraction of sp³-hybridized carbons (Fsp3) is 0.167. The lowest BCUT2D eigenvalue weighted by Gasteiger charge is -2.00. The predicted molar refractivity (Wildman–Crippen MR) is 58.9 cm³/mol. The van der Waals surface area contributed by atoms with E-state index in [2.05, 4.69) is 0 Å². The third-order valence-corrected chi connectivity index (χ3v) is 2.09. The number of halogens is 1. The van der Waals surface area contributed by atoms with Crippen LogP contribution < -0.4 is 0 Å². The summed E-state index contributed by atoms with van der Waals surface area (Å²) in [5.74, 6) is -2.64. The molecule has 1 rings (SSSR count). The highest BCUT2D eigenvalue weighted by molar-refractivity contribution is 5.92. The summed E-state index contributed by atoms with van der Waals surface area (Å²) in [6, 6.07) is 5.28. The Bertz CT molecular complexity index is 448. The van der Waals surface area contributed by atoms with Crippen LogP contribution in [0.5, 0.6) is 0 Å². The van der Waals surface area contributed by atoms with Crippen molar-refractivity contribution in [2.75, 3.05) is 0 Å². The summed E-state index contributed by atoms with van der Waals surface area (Å²) in [5.41, 5.74) is 0.508. The van der Waals surface area contributed by atoms with Gasteiger partial charge in [0, 0.05) is 12.0 Å². The molecule has 90 valence electrons. The number of rotatable bonds is 5. The molecule has 0 fully saturated rings. The highest BCUT2D eigenvalue weighted by Gasteiger charge is 2.09. The van der Waals surface area contributed by atoms with Crippen LogP contribution in [0.3, 0.4) is 0 Å². The Kier molecular flexibility index (Phi) is 4.39. The van der Waals surface area contributed by atoms with Gasteiger partial charge in [-0.3, -0.25) is 4.79 Å². The van der Waals surface area contributed by atoms with Crippen molar-refractivity contribution in [1.82, 2.24) is 0 Å². The molecule has 0 aliphatic rings. The second-order valence-corrected chi connectivity index (χ2v) is 3.42. The van der Waals surface area contributed by atoms with Gasteiger partial charge in [0.15, 0.2) is 0 Å². The first-order chi connectivity index (χ1) is 7.99. The summed E-state index contributed by atoms with van der Waals surface area (Å²) >= 11 is 0. The van der Waals surface area contributed by atoms with Crippen molar-refractivity contribution in [1.29, 1.82) is 0 Å². The summed E-state index contributed by atoms with van der Waals surface area (Å²) in [4.78, 5) is 21.2. The van der Waals surface area contributed by atoms with E-state index in [-0.39, 0.29) is 18.4 Å². The molecule has 4 nitrogen and oxygen atoms in total. The zero-order valence-corrected chi connectivity index (χ0v) is 8.89. The van der Waals surface area contributed by atoms with E-state index in [9.17, 15) is 14.0 Å². The van der Waals surface area contributed by atoms with Crippen molar-refractivity contribution in [3.8, 4) is 0 Å². The molecular formula is C12H11FO4. The number of benzene rings is 1. The fourth-order valence-electron chi connectivity index (χ4n) is 1.24. The van der Waals surface area contributed by atoms with Gasteiger partial charge in [0.2, 0.25) is 0 Å². The van der Waals surface area contributed by atoms with Crippen LogP contribution in [0.2, 0.25) is 0 Å². The van der Waals surface area contributed by atoms with E-state index < -0.39 is 17.8 Å². The Hall–Kier alpha value is -2.17. The van der Waals surface area contributed by atoms with Gasteiger partial charge in [0.25, 0.3) is 0 Å². The third kappa shape index (κ3) is 4.46. The zero-order valence-electron chi connectivity index (χ0n) is 8.89. The SMILES string of the molecule is O=C(O)CC/C(=C\c1ccc(F)cc1)C(=O)O. The van der Waals surface area contributed by atoms with E-state index in [1.807, 2.05) is 0 Å². The van der Waals surface area contributed by atoms with Crippen LogP contribution in [0.15, 0.2) is 29.8 Å². The van der Waals surface area contributed by atoms with E-state index in [0.29, 0.717) is 5.56 Å². The van der Waals surface area contributed by atoms with Crippen molar-refractivity contribution < 1.29 is 24.2 Å². The maximum Gasteiger partial charge on any atom is 0.331 e. The van der Waals surface area contributed by atoms with Gasteiger partial charge in [-0.25, -0.2) is 9.18 Å². The first kappa shape index (κ1) is 12.9. The molecule has 2 N–H and O–H groups in total. The van der Waals surface area contributed by atoms with Crippen LogP contribution in [0.1, 0.15) is 18.4 Å². The first-order valence-corrected chi connectivity index (χ1v) is 4.90. The van der Waals surface area contributed by atoms with E-state index in [1.54, 1.807) is 0 Å². The molecule has 0 atom stereocenters. The van der Waals surface area contributed by atoms with E-state index >= 15 is 0 Å². The minimum Gasteiger partial charge on any atom is -0.481 e. The molecule has 0 aliphatic carbocycles. The summed E-state index contributed by atoms with van der Waals surface area (Å²) < 4.78 is 12.6. The van der Waals surface area contributed by atoms with Crippen molar-refractivity contribution in [2.24, 2.45) is 0 Å². The number of carboxylic acid groups (broad SMARTS) is 2. The van der Waals surface area contributed by atoms with Gasteiger partial charge in [-0.15, -0.1) is 0 Å². The van der Waals surface area contributed by atoms with E-state index in [0.717, 1.165) is 0 Å². The smallest absolute Gasteiger partial charge is 0.331 e. The number of hydrogen-bond donors (Lipinski definition) is 2. The van der Waals surface area contributed by atoms with Crippen molar-refractivity contribution in [3.05, 3.63) is 41.2 Å². The molecule has 1 aromatic rings. The van der Waals surface area contributed by atoms with Crippen LogP contribution in [0, 0.1) is 5.82 Å². The Morgan fingerprint density at radius 1 is 1.12 bits per heavy atom. The molecule has 0 saturated heterocycles. The normalized spacial score (nSPS) is 11.2. The zero-order chi connectivity index (χ0) is 12.8. The molecule has 0 aromatic heterocycles. The van der Waals surface area contributed by atoms with Crippen LogP contribution in [0.4, 0.5) is 4.39 Å². The summed E-state index contributed by atoms with van der Waals surface area (Å²) in [7, 11) is 0. The van der Waals surface area contributed by atoms with E-state index in [1.165, 1.54) is 30.3 Å². The molecule has 17 heavy (non-hydrogen) atoms. The Morgan fingerprint density at radius 3 is 2.18 bits per heavy atom. The summed E-state index contributed by atoms with van der Waals surface area (Å²) in [6.07, 6.45) is 1.02. The molecule has 0 radical (unpaired) electrons. The van der Waals surface area contributed by atoms with Gasteiger partial charge in [-0.1, -0.05) is 12.1 Å². The van der Waals surface area contributed by atoms with Gasteiger partial charge in [0.1, 0.15) is 5.82 Å². The van der Waals surface area contributed by atoms with Gasteiger partial charge < -0.3 is 10.2 Å². The highest BCUT2D eigenvalue weighted by atomic mass is 19.1. The second-order valence-electron chi connectivity index (χ2n) is 3.42. The summed E-state index contributed by atoms with van der Waals surface area (Å²) in [6.45, 7) is 0. The van der Waals surface area contributed by atoms with Crippen LogP contribution >= 0.6 is 0 Å². The van der Waals surface area contributed by atoms with Gasteiger partial charge in [-0.05, 0) is 30.2 Å². The fourth-order valence-corrected chi connectivity index (χ4v) is 1.24. The Morgan fingerprint density at radius 2 is 1.71 bits per heavy atom. The molecular weight excluding hydrogens is 227 g/mol. The highest BCUT2D eigenvalue weighted by Crippen LogP contribution is 2.13. The monoisotopic (exact) mass is 238 g/mol. The largest absolute Gasteiger partial charge is 0.481 e. The molecule has 0 amide bonds. The predicted octanol–water partition coefficient (Wildman–Crippen LogP) is 2.16. The van der Waals surface area contributed by atoms with E-state index in [4.69, 9.17) is 10.2 Å². The van der Waals surface area contributed by atoms with Gasteiger partial charge in [0.05, 0.1) is 0 Å². The molecule has 0 spiro atoms. The average molecular weight is 238 g/mol. The minimum absolute atomic E-state index is 0.0148. The number of hydrogen-bond acceptors (Lipinski definition) is 2. The first-order valence-electron chi connectivity index (χ1n) is 4.90. The average Bonchev–Trinajstić information content (AvgIpc) is 2.26. The molecule has 0 bridgehead atoms. The molecule has 5 heteroatoms. The maximum atomic E-state index is 12.6. The molecule has 0 saturated carbocycles. The van der Waals surface area contributed by atoms with Crippen molar-refractivity contribution in [2.45, 2.75) is 12.8 Å². The standard InChI is InChI=1S/C12H11FO4/c13-10-4-1-8(2-5-10)7-9(12(16)17)3-6-11(14)15/h1-2,4-5,7H,3,6H2,(H,14,15)(H,16,17)/b9-7+. The number of carboxylic acids is 2.